The Morgan fingerprint density at radius 2 is 2.00 bits per heavy atom. The Balaban J connectivity index is 1.94. The first kappa shape index (κ1) is 12.8. The molecule has 0 radical (unpaired) electrons. The second-order valence-corrected chi connectivity index (χ2v) is 5.85. The fourth-order valence-electron chi connectivity index (χ4n) is 2.14. The third-order valence-electron chi connectivity index (χ3n) is 3.11. The quantitative estimate of drug-likeness (QED) is 0.539. The van der Waals surface area contributed by atoms with Crippen LogP contribution in [0.5, 0.6) is 0 Å². The maximum absolute atomic E-state index is 12.1. The number of hydrogen-bond donors (Lipinski definition) is 0. The average molecular weight is 282 g/mol. The second-order valence-electron chi connectivity index (χ2n) is 4.64. The van der Waals surface area contributed by atoms with Crippen molar-refractivity contribution in [1.29, 1.82) is 0 Å². The minimum atomic E-state index is 0.00639. The smallest absolute Gasteiger partial charge is 0.194 e. The molecule has 0 saturated carbocycles. The number of rotatable bonds is 3. The molecule has 3 rings (SSSR count). The molecule has 0 bridgehead atoms. The maximum atomic E-state index is 12.1. The number of hydrogen-bond acceptors (Lipinski definition) is 3. The molecule has 4 heteroatoms. The summed E-state index contributed by atoms with van der Waals surface area (Å²) in [5.41, 5.74) is 2.60. The van der Waals surface area contributed by atoms with Gasteiger partial charge in [0.05, 0.1) is 11.4 Å². The molecule has 20 heavy (non-hydrogen) atoms. The lowest BCUT2D eigenvalue weighted by molar-refractivity contribution is 0.104. The third-order valence-corrected chi connectivity index (χ3v) is 4.01. The van der Waals surface area contributed by atoms with Crippen LogP contribution in [-0.4, -0.2) is 15.2 Å². The van der Waals surface area contributed by atoms with Gasteiger partial charge in [0, 0.05) is 16.6 Å². The number of nitrogens with zero attached hydrogens (tertiary/aromatic N) is 2. The van der Waals surface area contributed by atoms with E-state index in [4.69, 9.17) is 0 Å². The van der Waals surface area contributed by atoms with Gasteiger partial charge in [-0.15, -0.1) is 11.3 Å². The van der Waals surface area contributed by atoms with Gasteiger partial charge in [-0.05, 0) is 26.0 Å². The van der Waals surface area contributed by atoms with Gasteiger partial charge < -0.3 is 0 Å². The molecule has 2 aromatic heterocycles. The lowest BCUT2D eigenvalue weighted by atomic mass is 10.1. The van der Waals surface area contributed by atoms with Gasteiger partial charge in [-0.25, -0.2) is 4.98 Å². The highest BCUT2D eigenvalue weighted by atomic mass is 32.1. The van der Waals surface area contributed by atoms with Crippen molar-refractivity contribution in [2.75, 3.05) is 0 Å². The predicted molar refractivity (Wildman–Crippen MR) is 82.3 cm³/mol. The Morgan fingerprint density at radius 1 is 1.25 bits per heavy atom. The van der Waals surface area contributed by atoms with E-state index in [0.717, 1.165) is 16.3 Å². The van der Waals surface area contributed by atoms with E-state index in [1.165, 1.54) is 4.88 Å². The molecule has 2 heterocycles. The predicted octanol–water partition coefficient (Wildman–Crippen LogP) is 3.91. The van der Waals surface area contributed by atoms with Gasteiger partial charge in [-0.3, -0.25) is 9.20 Å². The average Bonchev–Trinajstić information content (AvgIpc) is 2.92. The van der Waals surface area contributed by atoms with Crippen LogP contribution in [0.15, 0.2) is 42.6 Å². The van der Waals surface area contributed by atoms with Gasteiger partial charge in [0.1, 0.15) is 0 Å². The van der Waals surface area contributed by atoms with E-state index in [2.05, 4.69) is 11.9 Å². The lowest BCUT2D eigenvalue weighted by Crippen LogP contribution is -1.93. The van der Waals surface area contributed by atoms with Crippen LogP contribution >= 0.6 is 11.3 Å². The van der Waals surface area contributed by atoms with Crippen molar-refractivity contribution in [3.05, 3.63) is 64.4 Å². The highest BCUT2D eigenvalue weighted by molar-refractivity contribution is 7.17. The van der Waals surface area contributed by atoms with Crippen molar-refractivity contribution in [2.24, 2.45) is 0 Å². The molecule has 1 aromatic carbocycles. The zero-order valence-corrected chi connectivity index (χ0v) is 12.1. The molecule has 0 N–H and O–H groups in total. The van der Waals surface area contributed by atoms with E-state index in [1.54, 1.807) is 17.4 Å². The standard InChI is InChI=1S/C16H14N2OS/c1-11-10-18-14(12(2)17-16(18)20-11)8-9-15(19)13-6-4-3-5-7-13/h3-10H,1-2H3. The van der Waals surface area contributed by atoms with Crippen molar-refractivity contribution in [3.63, 3.8) is 0 Å². The summed E-state index contributed by atoms with van der Waals surface area (Å²) in [6.07, 6.45) is 5.50. The second kappa shape index (κ2) is 5.06. The number of thiazole rings is 1. The van der Waals surface area contributed by atoms with Crippen LogP contribution in [0.25, 0.3) is 11.0 Å². The summed E-state index contributed by atoms with van der Waals surface area (Å²) in [6.45, 7) is 4.01. The molecular weight excluding hydrogens is 268 g/mol. The normalized spacial score (nSPS) is 11.5. The van der Waals surface area contributed by atoms with Crippen molar-refractivity contribution in [3.8, 4) is 0 Å². The van der Waals surface area contributed by atoms with Crippen molar-refractivity contribution in [2.45, 2.75) is 13.8 Å². The van der Waals surface area contributed by atoms with Crippen molar-refractivity contribution >= 4 is 28.2 Å². The van der Waals surface area contributed by atoms with Gasteiger partial charge in [0.2, 0.25) is 0 Å². The number of aromatic nitrogens is 2. The van der Waals surface area contributed by atoms with Gasteiger partial charge in [-0.2, -0.15) is 0 Å². The van der Waals surface area contributed by atoms with Crippen molar-refractivity contribution < 1.29 is 4.79 Å². The molecule has 0 aliphatic carbocycles. The molecule has 0 spiro atoms. The van der Waals surface area contributed by atoms with Gasteiger partial charge >= 0.3 is 0 Å². The zero-order valence-electron chi connectivity index (χ0n) is 11.3. The first-order valence-corrected chi connectivity index (χ1v) is 7.19. The highest BCUT2D eigenvalue weighted by Gasteiger charge is 2.09. The molecule has 100 valence electrons. The molecule has 0 aliphatic heterocycles. The molecule has 3 aromatic rings. The van der Waals surface area contributed by atoms with E-state index in [1.807, 2.05) is 53.9 Å². The van der Waals surface area contributed by atoms with Gasteiger partial charge in [-0.1, -0.05) is 30.3 Å². The largest absolute Gasteiger partial charge is 0.290 e. The van der Waals surface area contributed by atoms with Gasteiger partial charge in [0.15, 0.2) is 10.7 Å². The van der Waals surface area contributed by atoms with Crippen LogP contribution in [0, 0.1) is 13.8 Å². The van der Waals surface area contributed by atoms with E-state index in [9.17, 15) is 4.79 Å². The number of aryl methyl sites for hydroxylation is 2. The Morgan fingerprint density at radius 3 is 2.75 bits per heavy atom. The molecule has 0 saturated heterocycles. The SMILES string of the molecule is Cc1cn2c(C=CC(=O)c3ccccc3)c(C)nc2s1. The topological polar surface area (TPSA) is 34.4 Å². The fraction of sp³-hybridized carbons (Fsp3) is 0.125. The number of carbonyl (C=O) groups is 1. The monoisotopic (exact) mass is 282 g/mol. The summed E-state index contributed by atoms with van der Waals surface area (Å²) in [5, 5.41) is 0. The van der Waals surface area contributed by atoms with Crippen LogP contribution in [0.1, 0.15) is 26.6 Å². The van der Waals surface area contributed by atoms with E-state index < -0.39 is 0 Å². The van der Waals surface area contributed by atoms with E-state index >= 15 is 0 Å². The minimum absolute atomic E-state index is 0.00639. The molecule has 0 aliphatic rings. The van der Waals surface area contributed by atoms with Crippen molar-refractivity contribution in [1.82, 2.24) is 9.38 Å². The Kier molecular flexibility index (Phi) is 3.24. The summed E-state index contributed by atoms with van der Waals surface area (Å²) in [6, 6.07) is 9.27. The summed E-state index contributed by atoms with van der Waals surface area (Å²) in [4.78, 5) is 18.8. The Bertz CT molecular complexity index is 797. The molecule has 0 amide bonds. The van der Waals surface area contributed by atoms with Crippen LogP contribution < -0.4 is 0 Å². The molecule has 0 atom stereocenters. The number of ketones is 1. The highest BCUT2D eigenvalue weighted by Crippen LogP contribution is 2.21. The minimum Gasteiger partial charge on any atom is -0.290 e. The molecule has 0 fully saturated rings. The van der Waals surface area contributed by atoms with Crippen LogP contribution in [0.2, 0.25) is 0 Å². The fourth-order valence-corrected chi connectivity index (χ4v) is 3.01. The number of benzene rings is 1. The molecule has 3 nitrogen and oxygen atoms in total. The van der Waals surface area contributed by atoms with Crippen LogP contribution in [-0.2, 0) is 0 Å². The molecule has 0 unspecified atom stereocenters. The van der Waals surface area contributed by atoms with Gasteiger partial charge in [0.25, 0.3) is 0 Å². The van der Waals surface area contributed by atoms with Crippen LogP contribution in [0.4, 0.5) is 0 Å². The summed E-state index contributed by atoms with van der Waals surface area (Å²) in [7, 11) is 0. The third kappa shape index (κ3) is 2.30. The first-order chi connectivity index (χ1) is 9.65. The first-order valence-electron chi connectivity index (χ1n) is 6.38. The summed E-state index contributed by atoms with van der Waals surface area (Å²) < 4.78 is 2.03. The molecular formula is C16H14N2OS. The summed E-state index contributed by atoms with van der Waals surface area (Å²) >= 11 is 1.65. The zero-order chi connectivity index (χ0) is 14.1. The van der Waals surface area contributed by atoms with E-state index in [0.29, 0.717) is 5.56 Å². The number of carbonyl (C=O) groups excluding carboxylic acids is 1. The number of imidazole rings is 1. The Hall–Kier alpha value is -2.20. The van der Waals surface area contributed by atoms with E-state index in [-0.39, 0.29) is 5.78 Å². The lowest BCUT2D eigenvalue weighted by Gasteiger charge is -1.95. The van der Waals surface area contributed by atoms with Crippen LogP contribution in [0.3, 0.4) is 0 Å². The Labute approximate surface area is 121 Å². The summed E-state index contributed by atoms with van der Waals surface area (Å²) in [5.74, 6) is 0.00639. The number of fused-ring (bicyclic) bond motifs is 1. The number of allylic oxidation sites excluding steroid dienone is 1. The maximum Gasteiger partial charge on any atom is 0.194 e.